The highest BCUT2D eigenvalue weighted by Gasteiger charge is 2.04. The number of hydrogen-bond donors (Lipinski definition) is 1. The highest BCUT2D eigenvalue weighted by Crippen LogP contribution is 2.27. The van der Waals surface area contributed by atoms with E-state index in [-0.39, 0.29) is 19.0 Å². The molecular formula is C11H11FN2OS. The van der Waals surface area contributed by atoms with E-state index in [0.29, 0.717) is 5.19 Å². The Morgan fingerprint density at radius 3 is 3.06 bits per heavy atom. The molecule has 5 heteroatoms. The molecule has 1 aromatic heterocycles. The van der Waals surface area contributed by atoms with E-state index in [4.69, 9.17) is 10.5 Å². The fourth-order valence-electron chi connectivity index (χ4n) is 1.23. The molecule has 0 fully saturated rings. The monoisotopic (exact) mass is 238 g/mol. The van der Waals surface area contributed by atoms with E-state index in [1.807, 2.05) is 24.3 Å². The van der Waals surface area contributed by atoms with Gasteiger partial charge in [0.25, 0.3) is 5.19 Å². The summed E-state index contributed by atoms with van der Waals surface area (Å²) < 4.78 is 19.2. The van der Waals surface area contributed by atoms with Gasteiger partial charge in [-0.2, -0.15) is 0 Å². The molecule has 0 aliphatic rings. The summed E-state index contributed by atoms with van der Waals surface area (Å²) in [6.07, 6.45) is 1.29. The molecule has 84 valence electrons. The van der Waals surface area contributed by atoms with Crippen molar-refractivity contribution in [2.45, 2.75) is 0 Å². The van der Waals surface area contributed by atoms with Gasteiger partial charge in [-0.05, 0) is 18.2 Å². The van der Waals surface area contributed by atoms with Gasteiger partial charge in [0.1, 0.15) is 12.4 Å². The number of aromatic nitrogens is 1. The number of benzene rings is 1. The standard InChI is InChI=1S/C11H11FN2OS/c12-8(5-6-13)7-15-11-14-9-3-1-2-4-10(9)16-11/h1-5H,6-7,13H2. The van der Waals surface area contributed by atoms with E-state index in [2.05, 4.69) is 4.98 Å². The fourth-order valence-corrected chi connectivity index (χ4v) is 2.05. The zero-order chi connectivity index (χ0) is 11.4. The summed E-state index contributed by atoms with van der Waals surface area (Å²) in [5, 5.41) is 0.474. The Morgan fingerprint density at radius 2 is 2.31 bits per heavy atom. The summed E-state index contributed by atoms with van der Waals surface area (Å²) >= 11 is 1.40. The van der Waals surface area contributed by atoms with E-state index in [0.717, 1.165) is 10.2 Å². The van der Waals surface area contributed by atoms with Gasteiger partial charge in [-0.1, -0.05) is 23.5 Å². The number of nitrogens with zero attached hydrogens (tertiary/aromatic N) is 1. The highest BCUT2D eigenvalue weighted by molar-refractivity contribution is 7.20. The Hall–Kier alpha value is -1.46. The van der Waals surface area contributed by atoms with Crippen LogP contribution in [-0.4, -0.2) is 18.1 Å². The quantitative estimate of drug-likeness (QED) is 0.890. The van der Waals surface area contributed by atoms with Crippen molar-refractivity contribution in [3.63, 3.8) is 0 Å². The van der Waals surface area contributed by atoms with Crippen LogP contribution in [0.4, 0.5) is 4.39 Å². The minimum atomic E-state index is -0.373. The smallest absolute Gasteiger partial charge is 0.274 e. The molecule has 0 saturated heterocycles. The Bertz CT molecular complexity index is 476. The van der Waals surface area contributed by atoms with Crippen LogP contribution in [0.25, 0.3) is 10.2 Å². The van der Waals surface area contributed by atoms with E-state index >= 15 is 0 Å². The lowest BCUT2D eigenvalue weighted by atomic mass is 10.3. The normalized spacial score (nSPS) is 12.0. The van der Waals surface area contributed by atoms with Crippen molar-refractivity contribution in [2.75, 3.05) is 13.2 Å². The first-order chi connectivity index (χ1) is 7.79. The van der Waals surface area contributed by atoms with Gasteiger partial charge in [0, 0.05) is 6.54 Å². The maximum atomic E-state index is 13.0. The van der Waals surface area contributed by atoms with E-state index in [1.54, 1.807) is 0 Å². The molecule has 2 aromatic rings. The van der Waals surface area contributed by atoms with Crippen LogP contribution in [0.5, 0.6) is 5.19 Å². The number of halogens is 1. The van der Waals surface area contributed by atoms with E-state index < -0.39 is 0 Å². The van der Waals surface area contributed by atoms with Crippen molar-refractivity contribution in [2.24, 2.45) is 5.73 Å². The van der Waals surface area contributed by atoms with Crippen molar-refractivity contribution < 1.29 is 9.13 Å². The highest BCUT2D eigenvalue weighted by atomic mass is 32.1. The Morgan fingerprint density at radius 1 is 1.50 bits per heavy atom. The third-order valence-electron chi connectivity index (χ3n) is 1.95. The molecule has 2 N–H and O–H groups in total. The molecule has 0 atom stereocenters. The second kappa shape index (κ2) is 5.05. The second-order valence-electron chi connectivity index (χ2n) is 3.12. The zero-order valence-corrected chi connectivity index (χ0v) is 9.34. The molecule has 0 unspecified atom stereocenters. The van der Waals surface area contributed by atoms with E-state index in [1.165, 1.54) is 17.4 Å². The van der Waals surface area contributed by atoms with Crippen LogP contribution in [-0.2, 0) is 0 Å². The molecule has 0 aliphatic carbocycles. The SMILES string of the molecule is NCC=C(F)COc1nc2ccccc2s1. The summed E-state index contributed by atoms with van der Waals surface area (Å²) in [4.78, 5) is 4.22. The summed E-state index contributed by atoms with van der Waals surface area (Å²) in [6, 6.07) is 7.68. The number of rotatable bonds is 4. The average Bonchev–Trinajstić information content (AvgIpc) is 2.69. The van der Waals surface area contributed by atoms with Crippen molar-refractivity contribution in [3.8, 4) is 5.19 Å². The Labute approximate surface area is 96.4 Å². The van der Waals surface area contributed by atoms with Gasteiger partial charge in [-0.15, -0.1) is 0 Å². The molecule has 0 spiro atoms. The maximum absolute atomic E-state index is 13.0. The van der Waals surface area contributed by atoms with Crippen LogP contribution in [0.1, 0.15) is 0 Å². The first-order valence-corrected chi connectivity index (χ1v) is 5.64. The molecule has 0 aliphatic heterocycles. The minimum Gasteiger partial charge on any atom is -0.463 e. The lowest BCUT2D eigenvalue weighted by Gasteiger charge is -1.98. The summed E-state index contributed by atoms with van der Waals surface area (Å²) in [6.45, 7) is 0.0616. The first kappa shape index (κ1) is 11.0. The number of fused-ring (bicyclic) bond motifs is 1. The summed E-state index contributed by atoms with van der Waals surface area (Å²) in [5.41, 5.74) is 6.04. The third-order valence-corrected chi connectivity index (χ3v) is 2.90. The second-order valence-corrected chi connectivity index (χ2v) is 4.12. The third kappa shape index (κ3) is 2.56. The predicted octanol–water partition coefficient (Wildman–Crippen LogP) is 2.49. The molecule has 16 heavy (non-hydrogen) atoms. The van der Waals surface area contributed by atoms with E-state index in [9.17, 15) is 4.39 Å². The van der Waals surface area contributed by atoms with Gasteiger partial charge < -0.3 is 10.5 Å². The van der Waals surface area contributed by atoms with Crippen molar-refractivity contribution in [3.05, 3.63) is 36.2 Å². The molecule has 2 rings (SSSR count). The Balaban J connectivity index is 2.07. The molecule has 3 nitrogen and oxygen atoms in total. The number of hydrogen-bond acceptors (Lipinski definition) is 4. The first-order valence-electron chi connectivity index (χ1n) is 4.82. The van der Waals surface area contributed by atoms with Crippen molar-refractivity contribution >= 4 is 21.6 Å². The summed E-state index contributed by atoms with van der Waals surface area (Å²) in [7, 11) is 0. The van der Waals surface area contributed by atoms with Crippen LogP contribution in [0, 0.1) is 0 Å². The van der Waals surface area contributed by atoms with Gasteiger partial charge in [0.05, 0.1) is 10.2 Å². The van der Waals surface area contributed by atoms with Crippen LogP contribution in [0.3, 0.4) is 0 Å². The van der Waals surface area contributed by atoms with Gasteiger partial charge >= 0.3 is 0 Å². The van der Waals surface area contributed by atoms with Gasteiger partial charge in [-0.3, -0.25) is 0 Å². The maximum Gasteiger partial charge on any atom is 0.274 e. The predicted molar refractivity (Wildman–Crippen MR) is 63.4 cm³/mol. The van der Waals surface area contributed by atoms with Crippen LogP contribution in [0.2, 0.25) is 0 Å². The molecule has 0 radical (unpaired) electrons. The zero-order valence-electron chi connectivity index (χ0n) is 8.52. The van der Waals surface area contributed by atoms with Gasteiger partial charge in [0.2, 0.25) is 0 Å². The molecule has 0 saturated carbocycles. The van der Waals surface area contributed by atoms with Crippen LogP contribution < -0.4 is 10.5 Å². The molecule has 0 amide bonds. The topological polar surface area (TPSA) is 48.1 Å². The van der Waals surface area contributed by atoms with Crippen molar-refractivity contribution in [1.82, 2.24) is 4.98 Å². The number of para-hydroxylation sites is 1. The number of nitrogens with two attached hydrogens (primary N) is 1. The van der Waals surface area contributed by atoms with Crippen molar-refractivity contribution in [1.29, 1.82) is 0 Å². The molecule has 1 heterocycles. The number of ether oxygens (including phenoxy) is 1. The van der Waals surface area contributed by atoms with Gasteiger partial charge in [0.15, 0.2) is 0 Å². The number of thiazole rings is 1. The lowest BCUT2D eigenvalue weighted by molar-refractivity contribution is 0.317. The molecular weight excluding hydrogens is 227 g/mol. The largest absolute Gasteiger partial charge is 0.463 e. The summed E-state index contributed by atoms with van der Waals surface area (Å²) in [5.74, 6) is -0.373. The molecule has 1 aromatic carbocycles. The fraction of sp³-hybridized carbons (Fsp3) is 0.182. The van der Waals surface area contributed by atoms with Crippen LogP contribution in [0.15, 0.2) is 36.2 Å². The lowest BCUT2D eigenvalue weighted by Crippen LogP contribution is -2.01. The Kier molecular flexibility index (Phi) is 3.48. The average molecular weight is 238 g/mol. The minimum absolute atomic E-state index is 0.114. The van der Waals surface area contributed by atoms with Crippen LogP contribution >= 0.6 is 11.3 Å². The molecule has 0 bridgehead atoms. The van der Waals surface area contributed by atoms with Gasteiger partial charge in [-0.25, -0.2) is 9.37 Å².